The van der Waals surface area contributed by atoms with E-state index in [9.17, 15) is 0 Å². The maximum Gasteiger partial charge on any atom is 0.157 e. The highest BCUT2D eigenvalue weighted by molar-refractivity contribution is 7.99. The minimum Gasteiger partial charge on any atom is -0.378 e. The monoisotopic (exact) mass is 467 g/mol. The molecular formula is C26H33N3O3S. The van der Waals surface area contributed by atoms with Crippen LogP contribution in [0.15, 0.2) is 57.2 Å². The minimum absolute atomic E-state index is 0.0268. The molecule has 2 fully saturated rings. The van der Waals surface area contributed by atoms with Gasteiger partial charge in [-0.25, -0.2) is 0 Å². The summed E-state index contributed by atoms with van der Waals surface area (Å²) in [4.78, 5) is 12.3. The molecule has 6 nitrogen and oxygen atoms in total. The lowest BCUT2D eigenvalue weighted by atomic mass is 10.1. The van der Waals surface area contributed by atoms with Crippen molar-refractivity contribution >= 4 is 29.4 Å². The lowest BCUT2D eigenvalue weighted by Gasteiger charge is -2.36. The van der Waals surface area contributed by atoms with Gasteiger partial charge in [0.15, 0.2) is 6.29 Å². The van der Waals surface area contributed by atoms with E-state index in [0.29, 0.717) is 13.2 Å². The first kappa shape index (κ1) is 22.9. The molecular weight excluding hydrogens is 434 g/mol. The molecule has 0 saturated carbocycles. The van der Waals surface area contributed by atoms with Crippen LogP contribution in [0.5, 0.6) is 0 Å². The average Bonchev–Trinajstić information content (AvgIpc) is 3.06. The Balaban J connectivity index is 1.07. The number of para-hydroxylation sites is 1. The molecule has 0 spiro atoms. The third kappa shape index (κ3) is 5.97. The first-order valence-electron chi connectivity index (χ1n) is 12.1. The van der Waals surface area contributed by atoms with Crippen molar-refractivity contribution in [3.63, 3.8) is 0 Å². The number of nitrogens with zero attached hydrogens (tertiary/aromatic N) is 3. The maximum absolute atomic E-state index is 5.80. The number of rotatable bonds is 8. The summed E-state index contributed by atoms with van der Waals surface area (Å²) in [5.74, 6) is 0. The number of benzene rings is 2. The van der Waals surface area contributed by atoms with Crippen LogP contribution in [-0.4, -0.2) is 76.6 Å². The number of ether oxygens (including phenoxy) is 3. The summed E-state index contributed by atoms with van der Waals surface area (Å²) in [7, 11) is 0. The Labute approximate surface area is 200 Å². The molecule has 0 bridgehead atoms. The van der Waals surface area contributed by atoms with Gasteiger partial charge < -0.3 is 19.1 Å². The van der Waals surface area contributed by atoms with Crippen LogP contribution in [0.1, 0.15) is 24.8 Å². The van der Waals surface area contributed by atoms with Crippen LogP contribution in [0.4, 0.5) is 11.4 Å². The van der Waals surface area contributed by atoms with Crippen LogP contribution in [0.3, 0.4) is 0 Å². The molecule has 0 radical (unpaired) electrons. The lowest BCUT2D eigenvalue weighted by molar-refractivity contribution is -0.169. The van der Waals surface area contributed by atoms with Crippen molar-refractivity contribution < 1.29 is 14.2 Å². The second kappa shape index (κ2) is 11.5. The second-order valence-corrected chi connectivity index (χ2v) is 9.71. The summed E-state index contributed by atoms with van der Waals surface area (Å²) in [5.41, 5.74) is 3.57. The molecule has 0 aromatic heterocycles. The zero-order valence-corrected chi connectivity index (χ0v) is 20.0. The molecule has 7 heteroatoms. The number of piperazine rings is 1. The molecule has 33 heavy (non-hydrogen) atoms. The largest absolute Gasteiger partial charge is 0.378 e. The molecule has 5 rings (SSSR count). The summed E-state index contributed by atoms with van der Waals surface area (Å²) in [6.45, 7) is 7.91. The predicted molar refractivity (Wildman–Crippen MR) is 133 cm³/mol. The van der Waals surface area contributed by atoms with Crippen molar-refractivity contribution in [1.29, 1.82) is 0 Å². The third-order valence-corrected chi connectivity index (χ3v) is 7.54. The van der Waals surface area contributed by atoms with Gasteiger partial charge in [0.05, 0.1) is 25.5 Å². The highest BCUT2D eigenvalue weighted by Crippen LogP contribution is 2.41. The van der Waals surface area contributed by atoms with Crippen molar-refractivity contribution in [3.05, 3.63) is 48.0 Å². The van der Waals surface area contributed by atoms with Crippen LogP contribution >= 0.6 is 11.8 Å². The number of aliphatic imine (C=N–C) groups is 1. The van der Waals surface area contributed by atoms with Crippen molar-refractivity contribution in [2.24, 2.45) is 4.99 Å². The maximum atomic E-state index is 5.80. The summed E-state index contributed by atoms with van der Waals surface area (Å²) < 4.78 is 17.1. The zero-order valence-electron chi connectivity index (χ0n) is 19.2. The molecule has 0 aliphatic carbocycles. The van der Waals surface area contributed by atoms with Gasteiger partial charge in [-0.1, -0.05) is 30.0 Å². The molecule has 2 aromatic carbocycles. The molecule has 1 atom stereocenters. The highest BCUT2D eigenvalue weighted by Gasteiger charge is 2.21. The summed E-state index contributed by atoms with van der Waals surface area (Å²) in [5, 5.41) is 0. The van der Waals surface area contributed by atoms with Gasteiger partial charge in [0, 0.05) is 66.6 Å². The first-order valence-corrected chi connectivity index (χ1v) is 12.9. The molecule has 3 heterocycles. The Kier molecular flexibility index (Phi) is 7.96. The topological polar surface area (TPSA) is 46.5 Å². The smallest absolute Gasteiger partial charge is 0.157 e. The van der Waals surface area contributed by atoms with E-state index in [2.05, 4.69) is 52.3 Å². The van der Waals surface area contributed by atoms with Crippen molar-refractivity contribution in [2.45, 2.75) is 35.3 Å². The minimum atomic E-state index is -0.0268. The van der Waals surface area contributed by atoms with Gasteiger partial charge in [-0.2, -0.15) is 0 Å². The van der Waals surface area contributed by atoms with Crippen LogP contribution in [0.25, 0.3) is 0 Å². The van der Waals surface area contributed by atoms with Gasteiger partial charge in [0.25, 0.3) is 0 Å². The number of hydrogen-bond donors (Lipinski definition) is 0. The normalized spacial score (nSPS) is 20.8. The van der Waals surface area contributed by atoms with E-state index in [1.807, 2.05) is 18.0 Å². The fourth-order valence-corrected chi connectivity index (χ4v) is 5.54. The van der Waals surface area contributed by atoms with Gasteiger partial charge in [-0.15, -0.1) is 0 Å². The molecule has 0 N–H and O–H groups in total. The zero-order chi connectivity index (χ0) is 22.3. The van der Waals surface area contributed by atoms with Crippen LogP contribution in [-0.2, 0) is 14.2 Å². The van der Waals surface area contributed by atoms with Crippen molar-refractivity contribution in [1.82, 2.24) is 4.90 Å². The van der Waals surface area contributed by atoms with Crippen molar-refractivity contribution in [3.8, 4) is 0 Å². The fourth-order valence-electron chi connectivity index (χ4n) is 4.52. The van der Waals surface area contributed by atoms with E-state index in [-0.39, 0.29) is 6.29 Å². The van der Waals surface area contributed by atoms with Gasteiger partial charge in [-0.3, -0.25) is 9.89 Å². The highest BCUT2D eigenvalue weighted by atomic mass is 32.2. The number of fused-ring (bicyclic) bond motifs is 2. The molecule has 176 valence electrons. The van der Waals surface area contributed by atoms with Crippen molar-refractivity contribution in [2.75, 3.05) is 64.1 Å². The van der Waals surface area contributed by atoms with Crippen LogP contribution in [0.2, 0.25) is 0 Å². The van der Waals surface area contributed by atoms with Crippen LogP contribution in [0, 0.1) is 0 Å². The molecule has 2 saturated heterocycles. The SMILES string of the molecule is C1=Nc2ccccc2Sc2cccc(N3CCN(CCOCCOC4CCCCO4)CC3)c21. The molecule has 3 aliphatic rings. The van der Waals surface area contributed by atoms with E-state index >= 15 is 0 Å². The average molecular weight is 468 g/mol. The van der Waals surface area contributed by atoms with Crippen LogP contribution < -0.4 is 4.90 Å². The Bertz CT molecular complexity index is 940. The fraction of sp³-hybridized carbons (Fsp3) is 0.500. The predicted octanol–water partition coefficient (Wildman–Crippen LogP) is 4.58. The first-order chi connectivity index (χ1) is 16.4. The third-order valence-electron chi connectivity index (χ3n) is 6.40. The Morgan fingerprint density at radius 1 is 0.939 bits per heavy atom. The number of hydrogen-bond acceptors (Lipinski definition) is 7. The quantitative estimate of drug-likeness (QED) is 0.452. The van der Waals surface area contributed by atoms with E-state index in [0.717, 1.165) is 64.5 Å². The molecule has 3 aliphatic heterocycles. The Morgan fingerprint density at radius 3 is 2.70 bits per heavy atom. The Morgan fingerprint density at radius 2 is 1.82 bits per heavy atom. The van der Waals surface area contributed by atoms with Gasteiger partial charge in [0.2, 0.25) is 0 Å². The van der Waals surface area contributed by atoms with E-state index in [1.165, 1.54) is 27.5 Å². The standard InChI is InChI=1S/C26H33N3O3S/c1-2-8-25-22(6-1)27-20-21-23(7-5-9-24(21)33-25)29-13-11-28(12-14-29)15-17-30-18-19-32-26-10-3-4-16-31-26/h1-2,5-9,20,26H,3-4,10-19H2. The van der Waals surface area contributed by atoms with E-state index in [1.54, 1.807) is 0 Å². The Hall–Kier alpha value is -1.90. The van der Waals surface area contributed by atoms with Gasteiger partial charge in [-0.05, 0) is 43.5 Å². The summed E-state index contributed by atoms with van der Waals surface area (Å²) in [6.07, 6.45) is 5.37. The van der Waals surface area contributed by atoms with Gasteiger partial charge >= 0.3 is 0 Å². The lowest BCUT2D eigenvalue weighted by Crippen LogP contribution is -2.47. The van der Waals surface area contributed by atoms with E-state index < -0.39 is 0 Å². The van der Waals surface area contributed by atoms with E-state index in [4.69, 9.17) is 19.2 Å². The molecule has 0 amide bonds. The van der Waals surface area contributed by atoms with Gasteiger partial charge in [0.1, 0.15) is 0 Å². The summed E-state index contributed by atoms with van der Waals surface area (Å²) in [6, 6.07) is 15.0. The molecule has 2 aromatic rings. The molecule has 1 unspecified atom stereocenters. The number of anilines is 1. The summed E-state index contributed by atoms with van der Waals surface area (Å²) >= 11 is 1.81. The second-order valence-electron chi connectivity index (χ2n) is 8.62.